The van der Waals surface area contributed by atoms with E-state index in [9.17, 15) is 13.6 Å². The molecule has 0 saturated carbocycles. The summed E-state index contributed by atoms with van der Waals surface area (Å²) in [6.07, 6.45) is -1.06. The fourth-order valence-corrected chi connectivity index (χ4v) is 2.38. The van der Waals surface area contributed by atoms with Gasteiger partial charge in [-0.2, -0.15) is 0 Å². The molecule has 1 atom stereocenters. The SMILES string of the molecule is O=C(O)C1OC1(c1ccc(F)cc1)c1ccc(F)cc1. The Labute approximate surface area is 113 Å². The van der Waals surface area contributed by atoms with Gasteiger partial charge >= 0.3 is 5.97 Å². The Hall–Kier alpha value is -2.27. The second-order valence-electron chi connectivity index (χ2n) is 4.59. The molecule has 2 aromatic carbocycles. The largest absolute Gasteiger partial charge is 0.479 e. The summed E-state index contributed by atoms with van der Waals surface area (Å²) in [5.41, 5.74) is -0.122. The van der Waals surface area contributed by atoms with Gasteiger partial charge in [0.15, 0.2) is 11.7 Å². The molecule has 1 saturated heterocycles. The number of benzene rings is 2. The number of halogens is 2. The molecule has 1 N–H and O–H groups in total. The van der Waals surface area contributed by atoms with E-state index in [4.69, 9.17) is 9.84 Å². The van der Waals surface area contributed by atoms with Crippen LogP contribution in [0.5, 0.6) is 0 Å². The van der Waals surface area contributed by atoms with Crippen LogP contribution in [0.25, 0.3) is 0 Å². The van der Waals surface area contributed by atoms with Crippen molar-refractivity contribution in [3.05, 3.63) is 71.3 Å². The van der Waals surface area contributed by atoms with Gasteiger partial charge in [0.25, 0.3) is 0 Å². The van der Waals surface area contributed by atoms with Gasteiger partial charge in [-0.15, -0.1) is 0 Å². The first-order valence-corrected chi connectivity index (χ1v) is 5.97. The smallest absolute Gasteiger partial charge is 0.336 e. The molecule has 1 unspecified atom stereocenters. The molecule has 0 amide bonds. The normalized spacial score (nSPS) is 19.6. The molecule has 20 heavy (non-hydrogen) atoms. The van der Waals surface area contributed by atoms with Crippen LogP contribution in [0.15, 0.2) is 48.5 Å². The number of epoxide rings is 1. The second-order valence-corrected chi connectivity index (χ2v) is 4.59. The number of carboxylic acid groups (broad SMARTS) is 1. The van der Waals surface area contributed by atoms with E-state index in [1.165, 1.54) is 48.5 Å². The van der Waals surface area contributed by atoms with Crippen LogP contribution in [0.4, 0.5) is 8.78 Å². The highest BCUT2D eigenvalue weighted by Gasteiger charge is 2.63. The minimum atomic E-state index is -1.17. The predicted octanol–water partition coefficient (Wildman–Crippen LogP) is 2.69. The summed E-state index contributed by atoms with van der Waals surface area (Å²) in [5, 5.41) is 9.15. The minimum absolute atomic E-state index is 0.421. The third kappa shape index (κ3) is 1.87. The average molecular weight is 276 g/mol. The number of hydrogen-bond donors (Lipinski definition) is 1. The van der Waals surface area contributed by atoms with Crippen molar-refractivity contribution in [2.75, 3.05) is 0 Å². The average Bonchev–Trinajstić information content (AvgIpc) is 3.17. The number of hydrogen-bond acceptors (Lipinski definition) is 2. The summed E-state index contributed by atoms with van der Waals surface area (Å²) in [7, 11) is 0. The van der Waals surface area contributed by atoms with Gasteiger partial charge < -0.3 is 9.84 Å². The van der Waals surface area contributed by atoms with E-state index in [1.54, 1.807) is 0 Å². The third-order valence-electron chi connectivity index (χ3n) is 3.39. The van der Waals surface area contributed by atoms with Gasteiger partial charge in [-0.3, -0.25) is 0 Å². The number of carbonyl (C=O) groups is 1. The molecule has 1 fully saturated rings. The van der Waals surface area contributed by atoms with Crippen molar-refractivity contribution in [1.29, 1.82) is 0 Å². The second kappa shape index (κ2) is 4.38. The first-order chi connectivity index (χ1) is 9.54. The van der Waals surface area contributed by atoms with Gasteiger partial charge in [-0.1, -0.05) is 24.3 Å². The number of rotatable bonds is 3. The molecule has 0 aromatic heterocycles. The maximum Gasteiger partial charge on any atom is 0.336 e. The minimum Gasteiger partial charge on any atom is -0.479 e. The molecule has 5 heteroatoms. The van der Waals surface area contributed by atoms with E-state index < -0.39 is 29.3 Å². The highest BCUT2D eigenvalue weighted by atomic mass is 19.1. The van der Waals surface area contributed by atoms with Gasteiger partial charge in [0.2, 0.25) is 0 Å². The van der Waals surface area contributed by atoms with Crippen LogP contribution in [-0.2, 0) is 15.1 Å². The van der Waals surface area contributed by atoms with Crippen molar-refractivity contribution >= 4 is 5.97 Å². The van der Waals surface area contributed by atoms with E-state index in [0.29, 0.717) is 11.1 Å². The first kappa shape index (κ1) is 12.7. The van der Waals surface area contributed by atoms with Gasteiger partial charge in [0, 0.05) is 0 Å². The van der Waals surface area contributed by atoms with Crippen LogP contribution in [0, 0.1) is 11.6 Å². The van der Waals surface area contributed by atoms with Gasteiger partial charge in [0.05, 0.1) is 0 Å². The summed E-state index contributed by atoms with van der Waals surface area (Å²) in [6, 6.07) is 10.8. The third-order valence-corrected chi connectivity index (χ3v) is 3.39. The number of ether oxygens (including phenoxy) is 1. The molecule has 1 heterocycles. The molecule has 0 radical (unpaired) electrons. The molecule has 1 aliphatic rings. The number of aliphatic carboxylic acids is 1. The fourth-order valence-electron chi connectivity index (χ4n) is 2.38. The maximum absolute atomic E-state index is 13.0. The molecule has 102 valence electrons. The lowest BCUT2D eigenvalue weighted by atomic mass is 9.88. The molecule has 0 aliphatic carbocycles. The van der Waals surface area contributed by atoms with E-state index in [-0.39, 0.29) is 0 Å². The maximum atomic E-state index is 13.0. The van der Waals surface area contributed by atoms with Gasteiger partial charge in [-0.25, -0.2) is 13.6 Å². The van der Waals surface area contributed by atoms with Crippen molar-refractivity contribution in [2.24, 2.45) is 0 Å². The highest BCUT2D eigenvalue weighted by Crippen LogP contribution is 2.51. The first-order valence-electron chi connectivity index (χ1n) is 5.97. The van der Waals surface area contributed by atoms with Crippen LogP contribution < -0.4 is 0 Å². The van der Waals surface area contributed by atoms with Crippen LogP contribution >= 0.6 is 0 Å². The predicted molar refractivity (Wildman–Crippen MR) is 66.1 cm³/mol. The van der Waals surface area contributed by atoms with Crippen molar-refractivity contribution in [3.8, 4) is 0 Å². The van der Waals surface area contributed by atoms with Crippen molar-refractivity contribution in [2.45, 2.75) is 11.7 Å². The highest BCUT2D eigenvalue weighted by molar-refractivity contribution is 5.79. The number of carboxylic acids is 1. The molecule has 2 aromatic rings. The Morgan fingerprint density at radius 3 is 1.65 bits per heavy atom. The van der Waals surface area contributed by atoms with Crippen LogP contribution in [0.1, 0.15) is 11.1 Å². The monoisotopic (exact) mass is 276 g/mol. The van der Waals surface area contributed by atoms with Crippen molar-refractivity contribution in [3.63, 3.8) is 0 Å². The molecule has 0 bridgehead atoms. The molecule has 3 rings (SSSR count). The summed E-state index contributed by atoms with van der Waals surface area (Å²) in [5.74, 6) is -1.95. The molecule has 0 spiro atoms. The van der Waals surface area contributed by atoms with E-state index in [1.807, 2.05) is 0 Å². The van der Waals surface area contributed by atoms with E-state index in [2.05, 4.69) is 0 Å². The summed E-state index contributed by atoms with van der Waals surface area (Å²) in [4.78, 5) is 11.2. The van der Waals surface area contributed by atoms with E-state index in [0.717, 1.165) is 0 Å². The lowest BCUT2D eigenvalue weighted by Crippen LogP contribution is -2.20. The van der Waals surface area contributed by atoms with Crippen LogP contribution in [0.3, 0.4) is 0 Å². The van der Waals surface area contributed by atoms with E-state index >= 15 is 0 Å². The summed E-state index contributed by atoms with van der Waals surface area (Å²) < 4.78 is 31.4. The Bertz CT molecular complexity index is 604. The molecule has 3 nitrogen and oxygen atoms in total. The quantitative estimate of drug-likeness (QED) is 0.877. The van der Waals surface area contributed by atoms with Crippen LogP contribution in [-0.4, -0.2) is 17.2 Å². The zero-order valence-electron chi connectivity index (χ0n) is 10.2. The zero-order chi connectivity index (χ0) is 14.3. The summed E-state index contributed by atoms with van der Waals surface area (Å²) in [6.45, 7) is 0. The lowest BCUT2D eigenvalue weighted by molar-refractivity contribution is -0.138. The summed E-state index contributed by atoms with van der Waals surface area (Å²) >= 11 is 0. The van der Waals surface area contributed by atoms with Gasteiger partial charge in [0.1, 0.15) is 11.6 Å². The molecular weight excluding hydrogens is 266 g/mol. The Morgan fingerprint density at radius 1 is 0.950 bits per heavy atom. The Kier molecular flexibility index (Phi) is 2.79. The van der Waals surface area contributed by atoms with Crippen LogP contribution in [0.2, 0.25) is 0 Å². The van der Waals surface area contributed by atoms with Crippen molar-refractivity contribution < 1.29 is 23.4 Å². The topological polar surface area (TPSA) is 49.8 Å². The van der Waals surface area contributed by atoms with Gasteiger partial charge in [-0.05, 0) is 35.4 Å². The molecular formula is C15H10F2O3. The fraction of sp³-hybridized carbons (Fsp3) is 0.133. The zero-order valence-corrected chi connectivity index (χ0v) is 10.2. The van der Waals surface area contributed by atoms with Crippen molar-refractivity contribution in [1.82, 2.24) is 0 Å². The molecule has 1 aliphatic heterocycles. The Balaban J connectivity index is 2.09. The Morgan fingerprint density at radius 2 is 1.35 bits per heavy atom. The standard InChI is InChI=1S/C15H10F2O3/c16-11-5-1-9(2-6-11)15(13(20-15)14(18)19)10-3-7-12(17)8-4-10/h1-8,13H,(H,18,19). The lowest BCUT2D eigenvalue weighted by Gasteiger charge is -2.13.